The maximum absolute atomic E-state index is 12.6. The Balaban J connectivity index is 2.05. The fraction of sp³-hybridized carbons (Fsp3) is 0.118. The Morgan fingerprint density at radius 2 is 2.04 bits per heavy atom. The fourth-order valence-corrected chi connectivity index (χ4v) is 3.37. The van der Waals surface area contributed by atoms with Crippen LogP contribution in [0.4, 0.5) is 4.79 Å². The molecule has 0 atom stereocenters. The molecule has 1 aromatic carbocycles. The van der Waals surface area contributed by atoms with Crippen LogP contribution < -0.4 is 10.3 Å². The van der Waals surface area contributed by atoms with Gasteiger partial charge in [-0.3, -0.25) is 9.36 Å². The van der Waals surface area contributed by atoms with Crippen LogP contribution in [0.1, 0.15) is 5.56 Å². The molecule has 0 aliphatic heterocycles. The molecular weight excluding hydrogens is 380 g/mol. The number of rotatable bonds is 5. The molecule has 9 heteroatoms. The second-order valence-corrected chi connectivity index (χ2v) is 6.59. The molecule has 0 bridgehead atoms. The second-order valence-electron chi connectivity index (χ2n) is 5.23. The molecule has 0 radical (unpaired) electrons. The van der Waals surface area contributed by atoms with Gasteiger partial charge >= 0.3 is 6.16 Å². The zero-order valence-electron chi connectivity index (χ0n) is 13.3. The van der Waals surface area contributed by atoms with Crippen LogP contribution in [0.25, 0.3) is 10.7 Å². The van der Waals surface area contributed by atoms with E-state index in [0.29, 0.717) is 16.3 Å². The number of hydrogen-bond acceptors (Lipinski definition) is 6. The van der Waals surface area contributed by atoms with E-state index in [0.717, 1.165) is 5.56 Å². The minimum Gasteiger partial charge on any atom is -0.499 e. The number of halogens is 1. The summed E-state index contributed by atoms with van der Waals surface area (Å²) in [4.78, 5) is 28.0. The molecule has 3 aromatic rings. The van der Waals surface area contributed by atoms with Crippen molar-refractivity contribution in [2.24, 2.45) is 0 Å². The van der Waals surface area contributed by atoms with Gasteiger partial charge in [0, 0.05) is 11.6 Å². The van der Waals surface area contributed by atoms with Gasteiger partial charge in [-0.15, -0.1) is 11.3 Å². The first-order valence-corrected chi connectivity index (χ1v) is 8.75. The molecule has 3 rings (SSSR count). The Morgan fingerprint density at radius 3 is 2.69 bits per heavy atom. The highest BCUT2D eigenvalue weighted by atomic mass is 35.5. The van der Waals surface area contributed by atoms with Gasteiger partial charge in [-0.2, -0.15) is 4.98 Å². The third-order valence-electron chi connectivity index (χ3n) is 3.60. The van der Waals surface area contributed by atoms with E-state index >= 15 is 0 Å². The first-order valence-electron chi connectivity index (χ1n) is 7.49. The van der Waals surface area contributed by atoms with Gasteiger partial charge in [-0.25, -0.2) is 4.79 Å². The number of aromatic nitrogens is 2. The fourth-order valence-electron chi connectivity index (χ4n) is 2.41. The summed E-state index contributed by atoms with van der Waals surface area (Å²) in [6, 6.07) is 10.7. The lowest BCUT2D eigenvalue weighted by molar-refractivity contribution is 0.140. The number of nitrogens with zero attached hydrogens (tertiary/aromatic N) is 2. The smallest absolute Gasteiger partial charge is 0.499 e. The lowest BCUT2D eigenvalue weighted by Gasteiger charge is -2.13. The Morgan fingerprint density at radius 1 is 1.27 bits per heavy atom. The predicted molar refractivity (Wildman–Crippen MR) is 97.3 cm³/mol. The molecule has 0 aliphatic rings. The summed E-state index contributed by atoms with van der Waals surface area (Å²) in [6.07, 6.45) is -1.24. The van der Waals surface area contributed by atoms with Gasteiger partial charge < -0.3 is 14.9 Å². The molecule has 7 nitrogen and oxygen atoms in total. The van der Waals surface area contributed by atoms with E-state index < -0.39 is 23.3 Å². The molecule has 0 saturated carbocycles. The van der Waals surface area contributed by atoms with Crippen molar-refractivity contribution in [1.82, 2.24) is 9.55 Å². The van der Waals surface area contributed by atoms with Gasteiger partial charge in [-0.05, 0) is 29.5 Å². The molecule has 0 fully saturated rings. The molecule has 0 unspecified atom stereocenters. The monoisotopic (exact) mass is 392 g/mol. The summed E-state index contributed by atoms with van der Waals surface area (Å²) in [5.41, 5.74) is 0.0512. The Kier molecular flexibility index (Phi) is 5.24. The molecule has 0 aliphatic carbocycles. The minimum absolute atomic E-state index is 0.198. The normalized spacial score (nSPS) is 10.7. The van der Waals surface area contributed by atoms with E-state index in [1.165, 1.54) is 15.9 Å². The number of benzene rings is 1. The van der Waals surface area contributed by atoms with Crippen molar-refractivity contribution in [2.45, 2.75) is 13.0 Å². The molecule has 26 heavy (non-hydrogen) atoms. The molecule has 134 valence electrons. The van der Waals surface area contributed by atoms with Gasteiger partial charge in [0.2, 0.25) is 5.75 Å². The van der Waals surface area contributed by atoms with Crippen molar-refractivity contribution < 1.29 is 19.7 Å². The first-order chi connectivity index (χ1) is 12.5. The molecular formula is C17H13ClN2O5S. The van der Waals surface area contributed by atoms with Gasteiger partial charge in [0.1, 0.15) is 0 Å². The minimum atomic E-state index is -1.67. The average molecular weight is 393 g/mol. The first kappa shape index (κ1) is 18.0. The van der Waals surface area contributed by atoms with Gasteiger partial charge in [-0.1, -0.05) is 35.9 Å². The topological polar surface area (TPSA) is 102 Å². The van der Waals surface area contributed by atoms with Crippen molar-refractivity contribution >= 4 is 29.1 Å². The highest BCUT2D eigenvalue weighted by Crippen LogP contribution is 2.28. The Labute approximate surface area is 156 Å². The van der Waals surface area contributed by atoms with Gasteiger partial charge in [0.25, 0.3) is 11.4 Å². The number of ether oxygens (including phenoxy) is 1. The van der Waals surface area contributed by atoms with Crippen molar-refractivity contribution in [3.8, 4) is 22.3 Å². The number of thiophene rings is 1. The third-order valence-corrected chi connectivity index (χ3v) is 4.84. The van der Waals surface area contributed by atoms with Gasteiger partial charge in [0.05, 0.1) is 4.88 Å². The quantitative estimate of drug-likeness (QED) is 0.643. The lowest BCUT2D eigenvalue weighted by atomic mass is 10.1. The number of carbonyl (C=O) groups is 1. The average Bonchev–Trinajstić information content (AvgIpc) is 3.13. The van der Waals surface area contributed by atoms with E-state index in [1.807, 2.05) is 12.1 Å². The van der Waals surface area contributed by atoms with Crippen LogP contribution in [0, 0.1) is 0 Å². The second kappa shape index (κ2) is 7.59. The van der Waals surface area contributed by atoms with Crippen molar-refractivity contribution in [3.63, 3.8) is 0 Å². The van der Waals surface area contributed by atoms with Crippen molar-refractivity contribution in [3.05, 3.63) is 62.7 Å². The summed E-state index contributed by atoms with van der Waals surface area (Å²) in [5.74, 6) is -1.28. The third kappa shape index (κ3) is 3.71. The predicted octanol–water partition coefficient (Wildman–Crippen LogP) is 3.63. The van der Waals surface area contributed by atoms with Crippen LogP contribution in [0.5, 0.6) is 11.6 Å². The number of aryl methyl sites for hydroxylation is 1. The Hall–Kier alpha value is -2.84. The number of hydrogen-bond donors (Lipinski definition) is 2. The van der Waals surface area contributed by atoms with E-state index in [9.17, 15) is 14.7 Å². The van der Waals surface area contributed by atoms with Crippen LogP contribution in [-0.2, 0) is 13.0 Å². The summed E-state index contributed by atoms with van der Waals surface area (Å²) < 4.78 is 5.70. The zero-order valence-corrected chi connectivity index (χ0v) is 14.8. The van der Waals surface area contributed by atoms with Crippen molar-refractivity contribution in [2.75, 3.05) is 0 Å². The van der Waals surface area contributed by atoms with Crippen LogP contribution in [0.15, 0.2) is 46.6 Å². The molecule has 0 amide bonds. The SMILES string of the molecule is O=C(O)Oc1nc(-c2cccs2)n(CCc2ccccc2Cl)c(=O)c1O. The molecule has 2 heterocycles. The van der Waals surface area contributed by atoms with E-state index in [4.69, 9.17) is 16.7 Å². The number of aromatic hydroxyl groups is 1. The summed E-state index contributed by atoms with van der Waals surface area (Å²) in [7, 11) is 0. The van der Waals surface area contributed by atoms with Crippen molar-refractivity contribution in [1.29, 1.82) is 0 Å². The molecule has 0 saturated heterocycles. The van der Waals surface area contributed by atoms with E-state index in [-0.39, 0.29) is 12.4 Å². The van der Waals surface area contributed by atoms with Crippen LogP contribution in [0.2, 0.25) is 5.02 Å². The summed E-state index contributed by atoms with van der Waals surface area (Å²) >= 11 is 7.47. The largest absolute Gasteiger partial charge is 0.512 e. The lowest BCUT2D eigenvalue weighted by Crippen LogP contribution is -2.25. The summed E-state index contributed by atoms with van der Waals surface area (Å²) in [6.45, 7) is 0.198. The molecule has 0 spiro atoms. The molecule has 2 N–H and O–H groups in total. The number of carboxylic acid groups (broad SMARTS) is 1. The van der Waals surface area contributed by atoms with Crippen LogP contribution in [-0.4, -0.2) is 25.9 Å². The van der Waals surface area contributed by atoms with E-state index in [2.05, 4.69) is 9.72 Å². The molecule has 2 aromatic heterocycles. The van der Waals surface area contributed by atoms with Gasteiger partial charge in [0.15, 0.2) is 5.82 Å². The van der Waals surface area contributed by atoms with E-state index in [1.54, 1.807) is 29.6 Å². The van der Waals surface area contributed by atoms with Crippen LogP contribution >= 0.6 is 22.9 Å². The standard InChI is InChI=1S/C17H13ClN2O5S/c18-11-5-2-1-4-10(11)7-8-20-14(12-6-3-9-26-12)19-15(25-17(23)24)13(21)16(20)22/h1-6,9,21H,7-8H2,(H,23,24). The maximum Gasteiger partial charge on any atom is 0.512 e. The highest BCUT2D eigenvalue weighted by molar-refractivity contribution is 7.13. The maximum atomic E-state index is 12.6. The van der Waals surface area contributed by atoms with Crippen LogP contribution in [0.3, 0.4) is 0 Å². The summed E-state index contributed by atoms with van der Waals surface area (Å²) in [5, 5.41) is 21.1. The zero-order chi connectivity index (χ0) is 18.7. The Bertz CT molecular complexity index is 1000. The highest BCUT2D eigenvalue weighted by Gasteiger charge is 2.21.